The number of ether oxygens (including phenoxy) is 3. The average Bonchev–Trinajstić information content (AvgIpc) is 2.91. The summed E-state index contributed by atoms with van der Waals surface area (Å²) in [6.07, 6.45) is -9.85. The average molecular weight is 580 g/mol. The Bertz CT molecular complexity index is 787. The van der Waals surface area contributed by atoms with Crippen molar-refractivity contribution in [1.82, 2.24) is 16.0 Å². The third-order valence-corrected chi connectivity index (χ3v) is 8.76. The fourth-order valence-corrected chi connectivity index (χ4v) is 6.24. The maximum Gasteiger partial charge on any atom is 0.186 e. The number of nitrogens with two attached hydrogens (primary N) is 4. The molecule has 4 fully saturated rings. The van der Waals surface area contributed by atoms with Crippen LogP contribution in [0, 0.1) is 5.92 Å². The van der Waals surface area contributed by atoms with E-state index in [1.54, 1.807) is 0 Å². The Balaban J connectivity index is 1.59. The second-order valence-electron chi connectivity index (χ2n) is 11.6. The van der Waals surface area contributed by atoms with Crippen molar-refractivity contribution in [3.8, 4) is 0 Å². The molecule has 1 saturated carbocycles. The summed E-state index contributed by atoms with van der Waals surface area (Å²) in [6.45, 7) is 1.15. The van der Waals surface area contributed by atoms with Crippen molar-refractivity contribution in [1.29, 1.82) is 0 Å². The summed E-state index contributed by atoms with van der Waals surface area (Å²) >= 11 is 0. The zero-order chi connectivity index (χ0) is 29.1. The van der Waals surface area contributed by atoms with Crippen molar-refractivity contribution >= 4 is 0 Å². The Morgan fingerprint density at radius 3 is 2.27 bits per heavy atom. The second-order valence-corrected chi connectivity index (χ2v) is 11.6. The summed E-state index contributed by atoms with van der Waals surface area (Å²) in [5.41, 5.74) is 24.1. The van der Waals surface area contributed by atoms with Crippen LogP contribution in [0.15, 0.2) is 0 Å². The van der Waals surface area contributed by atoms with Gasteiger partial charge in [0, 0.05) is 62.8 Å². The number of rotatable bonds is 11. The van der Waals surface area contributed by atoms with Crippen molar-refractivity contribution in [2.75, 3.05) is 39.3 Å². The summed E-state index contributed by atoms with van der Waals surface area (Å²) in [4.78, 5) is 0. The smallest absolute Gasteiger partial charge is 0.186 e. The first-order valence-electron chi connectivity index (χ1n) is 14.2. The van der Waals surface area contributed by atoms with Crippen LogP contribution in [-0.4, -0.2) is 161 Å². The van der Waals surface area contributed by atoms with Gasteiger partial charge in [-0.1, -0.05) is 0 Å². The molecule has 1 aliphatic carbocycles. The van der Waals surface area contributed by atoms with E-state index >= 15 is 0 Å². The van der Waals surface area contributed by atoms with Crippen LogP contribution in [0.3, 0.4) is 0 Å². The molecule has 3 heterocycles. The zero-order valence-electron chi connectivity index (χ0n) is 22.6. The van der Waals surface area contributed by atoms with Gasteiger partial charge in [-0.2, -0.15) is 0 Å². The highest BCUT2D eigenvalue weighted by Crippen LogP contribution is 2.37. The Hall–Kier alpha value is -0.640. The first-order chi connectivity index (χ1) is 19.1. The van der Waals surface area contributed by atoms with E-state index in [9.17, 15) is 30.6 Å². The third-order valence-electron chi connectivity index (χ3n) is 8.76. The SMILES string of the molecule is NCC(O)CNC1CC(N)C(C2OC(CN)C(O)CC2NC2CNC2)C(O)C1OC1OC(CO)C(O)C(N)C1O. The first kappa shape index (κ1) is 32.3. The van der Waals surface area contributed by atoms with E-state index in [4.69, 9.17) is 37.1 Å². The first-order valence-corrected chi connectivity index (χ1v) is 14.2. The Morgan fingerprint density at radius 1 is 0.950 bits per heavy atom. The highest BCUT2D eigenvalue weighted by molar-refractivity contribution is 5.07. The van der Waals surface area contributed by atoms with Gasteiger partial charge < -0.3 is 83.7 Å². The van der Waals surface area contributed by atoms with Crippen LogP contribution in [0.1, 0.15) is 12.8 Å². The van der Waals surface area contributed by atoms with Gasteiger partial charge in [0.1, 0.15) is 24.4 Å². The lowest BCUT2D eigenvalue weighted by Gasteiger charge is -2.52. The van der Waals surface area contributed by atoms with Gasteiger partial charge in [0.15, 0.2) is 6.29 Å². The number of hydrogen-bond acceptors (Lipinski definition) is 16. The Labute approximate surface area is 233 Å². The van der Waals surface area contributed by atoms with E-state index in [0.717, 1.165) is 13.1 Å². The molecule has 3 saturated heterocycles. The quantitative estimate of drug-likeness (QED) is 0.108. The van der Waals surface area contributed by atoms with Gasteiger partial charge in [-0.15, -0.1) is 0 Å². The van der Waals surface area contributed by atoms with Crippen LogP contribution in [0.4, 0.5) is 0 Å². The lowest BCUT2D eigenvalue weighted by molar-refractivity contribution is -0.307. The van der Waals surface area contributed by atoms with Crippen LogP contribution in [-0.2, 0) is 14.2 Å². The summed E-state index contributed by atoms with van der Waals surface area (Å²) < 4.78 is 18.1. The minimum absolute atomic E-state index is 0.0138. The molecule has 15 unspecified atom stereocenters. The van der Waals surface area contributed by atoms with Crippen LogP contribution >= 0.6 is 0 Å². The molecule has 16 nitrogen and oxygen atoms in total. The fourth-order valence-electron chi connectivity index (χ4n) is 6.24. The number of aliphatic hydroxyl groups excluding tert-OH is 6. The van der Waals surface area contributed by atoms with E-state index in [-0.39, 0.29) is 38.1 Å². The molecule has 17 N–H and O–H groups in total. The molecule has 15 atom stereocenters. The molecule has 0 amide bonds. The molecule has 0 spiro atoms. The summed E-state index contributed by atoms with van der Waals surface area (Å²) in [7, 11) is 0. The normalized spacial score (nSPS) is 47.5. The predicted molar refractivity (Wildman–Crippen MR) is 141 cm³/mol. The lowest BCUT2D eigenvalue weighted by Crippen LogP contribution is -2.71. The van der Waals surface area contributed by atoms with E-state index in [1.807, 2.05) is 0 Å². The maximum atomic E-state index is 11.8. The molecule has 40 heavy (non-hydrogen) atoms. The highest BCUT2D eigenvalue weighted by atomic mass is 16.7. The standard InChI is InChI=1S/C24H49N7O9/c25-3-10(33)7-30-12-1-11(27)17(22-13(31-9-5-29-6-9)2-14(34)15(4-26)38-22)20(36)23(12)40-24-21(37)18(28)19(35)16(8-32)39-24/h9-24,29-37H,1-8,25-28H2. The zero-order valence-corrected chi connectivity index (χ0v) is 22.6. The molecule has 0 aromatic carbocycles. The molecule has 4 aliphatic rings. The molecule has 234 valence electrons. The molecule has 0 radical (unpaired) electrons. The molecular formula is C24H49N7O9. The van der Waals surface area contributed by atoms with Crippen molar-refractivity contribution < 1.29 is 44.8 Å². The third kappa shape index (κ3) is 6.94. The molecule has 3 aliphatic heterocycles. The fraction of sp³-hybridized carbons (Fsp3) is 1.00. The van der Waals surface area contributed by atoms with Gasteiger partial charge >= 0.3 is 0 Å². The highest BCUT2D eigenvalue weighted by Gasteiger charge is 2.54. The van der Waals surface area contributed by atoms with Crippen LogP contribution < -0.4 is 38.9 Å². The summed E-state index contributed by atoms with van der Waals surface area (Å²) in [5.74, 6) is -0.678. The van der Waals surface area contributed by atoms with Crippen molar-refractivity contribution in [3.05, 3.63) is 0 Å². The Morgan fingerprint density at radius 2 is 1.68 bits per heavy atom. The van der Waals surface area contributed by atoms with Crippen LogP contribution in [0.2, 0.25) is 0 Å². The molecular weight excluding hydrogens is 530 g/mol. The van der Waals surface area contributed by atoms with Gasteiger partial charge in [-0.25, -0.2) is 0 Å². The largest absolute Gasteiger partial charge is 0.394 e. The molecule has 16 heteroatoms. The summed E-state index contributed by atoms with van der Waals surface area (Å²) in [5, 5.41) is 73.0. The van der Waals surface area contributed by atoms with Gasteiger partial charge in [0.25, 0.3) is 0 Å². The van der Waals surface area contributed by atoms with Crippen molar-refractivity contribution in [2.45, 2.75) is 104 Å². The summed E-state index contributed by atoms with van der Waals surface area (Å²) in [6, 6.07) is -2.52. The number of aliphatic hydroxyl groups is 6. The maximum absolute atomic E-state index is 11.8. The van der Waals surface area contributed by atoms with Gasteiger partial charge in [0.2, 0.25) is 0 Å². The van der Waals surface area contributed by atoms with Crippen molar-refractivity contribution in [2.24, 2.45) is 28.9 Å². The van der Waals surface area contributed by atoms with Crippen LogP contribution in [0.25, 0.3) is 0 Å². The monoisotopic (exact) mass is 579 g/mol. The molecule has 0 bridgehead atoms. The van der Waals surface area contributed by atoms with E-state index in [0.29, 0.717) is 6.42 Å². The van der Waals surface area contributed by atoms with Gasteiger partial charge in [0.05, 0.1) is 43.2 Å². The molecule has 0 aromatic rings. The number of nitrogens with one attached hydrogen (secondary N) is 3. The molecule has 4 rings (SSSR count). The molecule has 0 aromatic heterocycles. The topological polar surface area (TPSA) is 289 Å². The minimum Gasteiger partial charge on any atom is -0.394 e. The van der Waals surface area contributed by atoms with E-state index < -0.39 is 91.9 Å². The van der Waals surface area contributed by atoms with Crippen LogP contribution in [0.5, 0.6) is 0 Å². The minimum atomic E-state index is -1.46. The van der Waals surface area contributed by atoms with Crippen molar-refractivity contribution in [3.63, 3.8) is 0 Å². The number of hydrogen-bond donors (Lipinski definition) is 13. The second kappa shape index (κ2) is 14.2. The Kier molecular flexibility index (Phi) is 11.5. The lowest BCUT2D eigenvalue weighted by atomic mass is 9.71. The predicted octanol–water partition coefficient (Wildman–Crippen LogP) is -7.47. The van der Waals surface area contributed by atoms with E-state index in [2.05, 4.69) is 16.0 Å². The van der Waals surface area contributed by atoms with Gasteiger partial charge in [-0.05, 0) is 12.8 Å². The van der Waals surface area contributed by atoms with Gasteiger partial charge in [-0.3, -0.25) is 0 Å². The van der Waals surface area contributed by atoms with E-state index in [1.165, 1.54) is 0 Å².